The standard InChI is InChI=1S/C49H82O38/c50-3-11-1-13-22(59)23(60)36(11)82-44-31(68)25(62)39(16(6-53)76-44)84-46-33(70)27(64)41(18(8-55)78-46)86-48-35(72)29(66)43(20(10-57)80-48)87-49-34(71)28(65)42(19(9-56)79-49)85-47-32(69)26(63)40(17(7-54)77-47)83-45-30(67)24(61)38(15(5-52)75-45)81-21-2-12(58)37(74-13)14(4-51)73-21/h11-72H,1-10H2. The fraction of sp³-hybridized carbons (Fsp3) is 1.00. The van der Waals surface area contributed by atoms with Crippen LogP contribution in [0.5, 0.6) is 0 Å². The first-order chi connectivity index (χ1) is 41.5. The van der Waals surface area contributed by atoms with Gasteiger partial charge in [-0.25, -0.2) is 0 Å². The Hall–Kier alpha value is -1.52. The van der Waals surface area contributed by atoms with Gasteiger partial charge in [0, 0.05) is 18.9 Å². The summed E-state index contributed by atoms with van der Waals surface area (Å²) in [6.07, 6.45) is -74.1. The van der Waals surface area contributed by atoms with E-state index in [0.717, 1.165) is 0 Å². The molecule has 16 bridgehead atoms. The molecule has 0 amide bonds. The van der Waals surface area contributed by atoms with E-state index in [4.69, 9.17) is 71.1 Å². The largest absolute Gasteiger partial charge is 0.396 e. The zero-order valence-corrected chi connectivity index (χ0v) is 46.0. The summed E-state index contributed by atoms with van der Waals surface area (Å²) in [6.45, 7) is -7.94. The maximum absolute atomic E-state index is 11.5. The molecule has 29 heterocycles. The zero-order chi connectivity index (χ0) is 63.2. The van der Waals surface area contributed by atoms with E-state index in [0.29, 0.717) is 0 Å². The van der Waals surface area contributed by atoms with Crippen LogP contribution in [0.2, 0.25) is 0 Å². The number of aliphatic hydroxyl groups is 23. The summed E-state index contributed by atoms with van der Waals surface area (Å²) in [5.41, 5.74) is 0. The van der Waals surface area contributed by atoms with Gasteiger partial charge in [0.2, 0.25) is 0 Å². The molecule has 38 nitrogen and oxygen atoms in total. The summed E-state index contributed by atoms with van der Waals surface area (Å²) >= 11 is 0. The SMILES string of the molecule is OCC1CC2OC3C(O)CC(OC3CO)OC3C(CO)OC(OC4C(CO)OC(OC5C(CO)OC(OC6C(CO)OC(OC7C(CO)OC(OC8C(CO)OC(OC1C(O)C2O)C(O)C8O)C(O)C7O)C(O)C6O)C(O)C5O)C(O)C4O)C(O)C3O. The Bertz CT molecular complexity index is 2100. The number of aliphatic hydroxyl groups excluding tert-OH is 23. The Morgan fingerprint density at radius 1 is 0.207 bits per heavy atom. The number of hydrogen-bond acceptors (Lipinski definition) is 38. The van der Waals surface area contributed by atoms with E-state index in [1.165, 1.54) is 0 Å². The molecule has 39 atom stereocenters. The van der Waals surface area contributed by atoms with Crippen LogP contribution < -0.4 is 0 Å². The van der Waals surface area contributed by atoms with E-state index < -0.39 is 298 Å². The predicted octanol–water partition coefficient (Wildman–Crippen LogP) is -15.7. The van der Waals surface area contributed by atoms with Crippen molar-refractivity contribution in [2.24, 2.45) is 5.92 Å². The molecule has 30 aliphatic rings. The highest BCUT2D eigenvalue weighted by atomic mass is 16.8. The molecule has 0 aromatic heterocycles. The van der Waals surface area contributed by atoms with E-state index in [2.05, 4.69) is 0 Å². The summed E-state index contributed by atoms with van der Waals surface area (Å²) < 4.78 is 86.5. The van der Waals surface area contributed by atoms with E-state index >= 15 is 0 Å². The molecule has 0 aromatic rings. The Labute approximate surface area is 492 Å². The van der Waals surface area contributed by atoms with Crippen molar-refractivity contribution >= 4 is 0 Å². The molecule has 506 valence electrons. The number of hydrogen-bond donors (Lipinski definition) is 23. The summed E-state index contributed by atoms with van der Waals surface area (Å²) in [4.78, 5) is 0. The van der Waals surface area contributed by atoms with Gasteiger partial charge in [0.1, 0.15) is 171 Å². The van der Waals surface area contributed by atoms with Gasteiger partial charge in [-0.3, -0.25) is 0 Å². The van der Waals surface area contributed by atoms with Crippen molar-refractivity contribution in [3.63, 3.8) is 0 Å². The molecule has 0 spiro atoms. The van der Waals surface area contributed by atoms with Gasteiger partial charge in [0.05, 0.1) is 64.6 Å². The second-order valence-electron chi connectivity index (χ2n) is 22.8. The maximum Gasteiger partial charge on any atom is 0.187 e. The first-order valence-electron chi connectivity index (χ1n) is 28.4. The molecule has 30 rings (SSSR count). The lowest BCUT2D eigenvalue weighted by Gasteiger charge is -2.50. The van der Waals surface area contributed by atoms with Gasteiger partial charge >= 0.3 is 0 Å². The highest BCUT2D eigenvalue weighted by Gasteiger charge is 2.59. The first kappa shape index (κ1) is 69.8. The van der Waals surface area contributed by atoms with Crippen LogP contribution >= 0.6 is 0 Å². The highest BCUT2D eigenvalue weighted by molar-refractivity contribution is 5.02. The van der Waals surface area contributed by atoms with Gasteiger partial charge in [-0.1, -0.05) is 0 Å². The minimum atomic E-state index is -2.23. The summed E-state index contributed by atoms with van der Waals surface area (Å²) in [5.74, 6) is -1.20. The van der Waals surface area contributed by atoms with Crippen molar-refractivity contribution in [2.45, 2.75) is 246 Å². The van der Waals surface area contributed by atoms with E-state index in [9.17, 15) is 117 Å². The maximum atomic E-state index is 11.5. The van der Waals surface area contributed by atoms with Crippen molar-refractivity contribution in [1.29, 1.82) is 0 Å². The Balaban J connectivity index is 0.967. The average Bonchev–Trinajstić information content (AvgIpc) is 1.40. The van der Waals surface area contributed by atoms with Gasteiger partial charge < -0.3 is 189 Å². The monoisotopic (exact) mass is 1280 g/mol. The third-order valence-electron chi connectivity index (χ3n) is 17.3. The van der Waals surface area contributed by atoms with Gasteiger partial charge in [-0.05, 0) is 6.42 Å². The van der Waals surface area contributed by atoms with Crippen molar-refractivity contribution in [3.05, 3.63) is 0 Å². The second kappa shape index (κ2) is 29.8. The molecule has 87 heavy (non-hydrogen) atoms. The smallest absolute Gasteiger partial charge is 0.187 e. The van der Waals surface area contributed by atoms with Crippen LogP contribution in [0, 0.1) is 5.92 Å². The summed E-state index contributed by atoms with van der Waals surface area (Å²) in [5, 5.41) is 254. The quantitative estimate of drug-likeness (QED) is 0.107. The third kappa shape index (κ3) is 14.0. The molecule has 29 aliphatic heterocycles. The zero-order valence-electron chi connectivity index (χ0n) is 46.0. The second-order valence-corrected chi connectivity index (χ2v) is 22.8. The van der Waals surface area contributed by atoms with Gasteiger partial charge in [-0.15, -0.1) is 0 Å². The Morgan fingerprint density at radius 3 is 0.713 bits per heavy atom. The fourth-order valence-electron chi connectivity index (χ4n) is 12.4. The van der Waals surface area contributed by atoms with Gasteiger partial charge in [-0.2, -0.15) is 0 Å². The highest BCUT2D eigenvalue weighted by Crippen LogP contribution is 2.40. The van der Waals surface area contributed by atoms with E-state index in [1.807, 2.05) is 0 Å². The number of ether oxygens (including phenoxy) is 15. The molecule has 1 saturated carbocycles. The average molecular weight is 1280 g/mol. The van der Waals surface area contributed by atoms with Crippen molar-refractivity contribution < 1.29 is 189 Å². The van der Waals surface area contributed by atoms with Crippen molar-refractivity contribution in [2.75, 3.05) is 52.9 Å². The first-order valence-corrected chi connectivity index (χ1v) is 28.4. The molecule has 29 saturated heterocycles. The molecule has 39 unspecified atom stereocenters. The molecular weight excluding hydrogens is 1200 g/mol. The Morgan fingerprint density at radius 2 is 0.448 bits per heavy atom. The molecule has 30 fully saturated rings. The molecular formula is C49H82O38. The minimum absolute atomic E-state index is 0.377. The van der Waals surface area contributed by atoms with Crippen LogP contribution in [-0.4, -0.2) is 404 Å². The third-order valence-corrected chi connectivity index (χ3v) is 17.3. The molecule has 38 heteroatoms. The summed E-state index contributed by atoms with van der Waals surface area (Å²) in [7, 11) is 0. The lowest BCUT2D eigenvalue weighted by Crippen LogP contribution is -2.68. The van der Waals surface area contributed by atoms with E-state index in [-0.39, 0.29) is 6.42 Å². The van der Waals surface area contributed by atoms with Crippen LogP contribution in [0.3, 0.4) is 0 Å². The van der Waals surface area contributed by atoms with Crippen LogP contribution in [0.4, 0.5) is 0 Å². The molecule has 23 N–H and O–H groups in total. The van der Waals surface area contributed by atoms with Crippen LogP contribution in [0.1, 0.15) is 12.8 Å². The molecule has 1 aliphatic carbocycles. The van der Waals surface area contributed by atoms with Crippen LogP contribution in [0.15, 0.2) is 0 Å². The van der Waals surface area contributed by atoms with E-state index in [1.54, 1.807) is 0 Å². The van der Waals surface area contributed by atoms with Crippen molar-refractivity contribution in [3.8, 4) is 0 Å². The predicted molar refractivity (Wildman–Crippen MR) is 263 cm³/mol. The van der Waals surface area contributed by atoms with Crippen molar-refractivity contribution in [1.82, 2.24) is 0 Å². The van der Waals surface area contributed by atoms with Gasteiger partial charge in [0.25, 0.3) is 0 Å². The lowest BCUT2D eigenvalue weighted by atomic mass is 9.80. The van der Waals surface area contributed by atoms with Gasteiger partial charge in [0.15, 0.2) is 44.0 Å². The topological polar surface area (TPSA) is 604 Å². The lowest BCUT2D eigenvalue weighted by molar-refractivity contribution is -0.398. The minimum Gasteiger partial charge on any atom is -0.396 e. The van der Waals surface area contributed by atoms with Crippen LogP contribution in [0.25, 0.3) is 0 Å². The molecule has 0 aromatic carbocycles. The normalized spacial score (nSPS) is 55.0. The number of rotatable bonds is 8. The summed E-state index contributed by atoms with van der Waals surface area (Å²) in [6, 6.07) is 0. The molecule has 0 radical (unpaired) electrons. The Kier molecular flexibility index (Phi) is 23.9. The van der Waals surface area contributed by atoms with Crippen LogP contribution in [-0.2, 0) is 71.1 Å². The fourth-order valence-corrected chi connectivity index (χ4v) is 12.4.